The van der Waals surface area contributed by atoms with Crippen molar-refractivity contribution in [3.8, 4) is 0 Å². The second-order valence-electron chi connectivity index (χ2n) is 2.64. The Bertz CT molecular complexity index is 166. The second kappa shape index (κ2) is 18.0. The molecule has 0 radical (unpaired) electrons. The molecule has 0 rings (SSSR count). The van der Waals surface area contributed by atoms with Crippen molar-refractivity contribution in [2.75, 3.05) is 26.4 Å². The van der Waals surface area contributed by atoms with Gasteiger partial charge in [0.05, 0.1) is 13.2 Å². The number of rotatable bonds is 8. The van der Waals surface area contributed by atoms with Crippen molar-refractivity contribution in [3.63, 3.8) is 0 Å². The van der Waals surface area contributed by atoms with E-state index >= 15 is 0 Å². The molecule has 0 aliphatic heterocycles. The standard InChI is InChI=1S/2C5H10O3.Mg/c2*1-2-8-4-3-5(6)7;/h2*2-4H2,1H3,(H,6,7);/q;;+2/p-2. The number of ether oxygens (including phenoxy) is 2. The Morgan fingerprint density at radius 1 is 0.882 bits per heavy atom. The molecule has 0 unspecified atom stereocenters. The van der Waals surface area contributed by atoms with Crippen molar-refractivity contribution in [1.82, 2.24) is 0 Å². The SMILES string of the molecule is CCOCCC(=O)[O-].CCOCCC(=O)[O-].[Mg+2]. The van der Waals surface area contributed by atoms with Crippen LogP contribution in [0.1, 0.15) is 26.7 Å². The van der Waals surface area contributed by atoms with E-state index < -0.39 is 11.9 Å². The molecule has 0 aromatic heterocycles. The molecule has 0 aliphatic rings. The number of carboxylic acid groups (broad SMARTS) is 2. The molecule has 0 N–H and O–H groups in total. The van der Waals surface area contributed by atoms with Gasteiger partial charge in [-0.25, -0.2) is 0 Å². The van der Waals surface area contributed by atoms with Crippen LogP contribution in [0.25, 0.3) is 0 Å². The summed E-state index contributed by atoms with van der Waals surface area (Å²) in [5.41, 5.74) is 0. The van der Waals surface area contributed by atoms with Gasteiger partial charge in [-0.15, -0.1) is 0 Å². The van der Waals surface area contributed by atoms with Crippen LogP contribution in [0.3, 0.4) is 0 Å². The number of hydrogen-bond donors (Lipinski definition) is 0. The van der Waals surface area contributed by atoms with Crippen LogP contribution in [-0.4, -0.2) is 61.4 Å². The third kappa shape index (κ3) is 31.3. The van der Waals surface area contributed by atoms with E-state index in [0.717, 1.165) is 0 Å². The van der Waals surface area contributed by atoms with Gasteiger partial charge >= 0.3 is 23.1 Å². The minimum atomic E-state index is -1.06. The Kier molecular flexibility index (Phi) is 23.2. The molecule has 0 saturated heterocycles. The molecule has 6 nitrogen and oxygen atoms in total. The zero-order valence-corrected chi connectivity index (χ0v) is 11.8. The molecule has 0 atom stereocenters. The molecular formula is C10H18MgO6. The summed E-state index contributed by atoms with van der Waals surface area (Å²) in [6, 6.07) is 0. The van der Waals surface area contributed by atoms with Crippen LogP contribution >= 0.6 is 0 Å². The van der Waals surface area contributed by atoms with E-state index in [0.29, 0.717) is 13.2 Å². The first kappa shape index (κ1) is 21.9. The average Bonchev–Trinajstić information content (AvgIpc) is 2.18. The average molecular weight is 259 g/mol. The molecular weight excluding hydrogens is 240 g/mol. The van der Waals surface area contributed by atoms with Crippen LogP contribution in [0.15, 0.2) is 0 Å². The first-order chi connectivity index (χ1) is 7.54. The summed E-state index contributed by atoms with van der Waals surface area (Å²) < 4.78 is 9.45. The van der Waals surface area contributed by atoms with E-state index in [-0.39, 0.29) is 49.1 Å². The summed E-state index contributed by atoms with van der Waals surface area (Å²) in [6.45, 7) is 5.28. The molecule has 0 saturated carbocycles. The van der Waals surface area contributed by atoms with Gasteiger partial charge in [-0.2, -0.15) is 0 Å². The Labute approximate surface area is 117 Å². The first-order valence-electron chi connectivity index (χ1n) is 5.09. The largest absolute Gasteiger partial charge is 2.00 e. The molecule has 96 valence electrons. The number of aliphatic carboxylic acids is 2. The maximum absolute atomic E-state index is 9.68. The van der Waals surface area contributed by atoms with Gasteiger partial charge in [-0.3, -0.25) is 0 Å². The molecule has 0 aromatic carbocycles. The molecule has 0 spiro atoms. The minimum absolute atomic E-state index is 0. The predicted octanol–water partition coefficient (Wildman–Crippen LogP) is -2.05. The molecule has 0 aromatic rings. The van der Waals surface area contributed by atoms with Crippen LogP contribution in [-0.2, 0) is 19.1 Å². The Morgan fingerprint density at radius 2 is 1.18 bits per heavy atom. The van der Waals surface area contributed by atoms with Gasteiger partial charge in [0.1, 0.15) is 0 Å². The maximum Gasteiger partial charge on any atom is 2.00 e. The van der Waals surface area contributed by atoms with E-state index in [9.17, 15) is 19.8 Å². The second-order valence-corrected chi connectivity index (χ2v) is 2.64. The number of carbonyl (C=O) groups excluding carboxylic acids is 2. The summed E-state index contributed by atoms with van der Waals surface area (Å²) in [5.74, 6) is -2.11. The Hall–Kier alpha value is -0.374. The summed E-state index contributed by atoms with van der Waals surface area (Å²) in [7, 11) is 0. The zero-order valence-electron chi connectivity index (χ0n) is 10.4. The van der Waals surface area contributed by atoms with Gasteiger partial charge in [0, 0.05) is 38.0 Å². The molecule has 0 heterocycles. The fraction of sp³-hybridized carbons (Fsp3) is 0.800. The molecule has 0 bridgehead atoms. The molecule has 7 heteroatoms. The fourth-order valence-electron chi connectivity index (χ4n) is 0.600. The Morgan fingerprint density at radius 3 is 1.35 bits per heavy atom. The zero-order chi connectivity index (χ0) is 12.8. The summed E-state index contributed by atoms with van der Waals surface area (Å²) in [5, 5.41) is 19.4. The molecule has 0 fully saturated rings. The number of carbonyl (C=O) groups is 2. The molecule has 0 amide bonds. The van der Waals surface area contributed by atoms with Crippen LogP contribution in [0.5, 0.6) is 0 Å². The third-order valence-corrected chi connectivity index (χ3v) is 1.31. The van der Waals surface area contributed by atoms with Crippen LogP contribution in [0.2, 0.25) is 0 Å². The summed E-state index contributed by atoms with van der Waals surface area (Å²) in [6.07, 6.45) is -0.0122. The van der Waals surface area contributed by atoms with E-state index in [4.69, 9.17) is 9.47 Å². The first-order valence-corrected chi connectivity index (χ1v) is 5.09. The van der Waals surface area contributed by atoms with Gasteiger partial charge in [0.25, 0.3) is 0 Å². The third-order valence-electron chi connectivity index (χ3n) is 1.31. The van der Waals surface area contributed by atoms with Gasteiger partial charge in [0.2, 0.25) is 0 Å². The van der Waals surface area contributed by atoms with Crippen LogP contribution < -0.4 is 10.2 Å². The maximum atomic E-state index is 9.68. The smallest absolute Gasteiger partial charge is 0.550 e. The molecule has 17 heavy (non-hydrogen) atoms. The predicted molar refractivity (Wildman–Crippen MR) is 58.0 cm³/mol. The van der Waals surface area contributed by atoms with Crippen molar-refractivity contribution in [2.45, 2.75) is 26.7 Å². The van der Waals surface area contributed by atoms with Crippen LogP contribution in [0, 0.1) is 0 Å². The van der Waals surface area contributed by atoms with E-state index in [1.165, 1.54) is 0 Å². The van der Waals surface area contributed by atoms with Crippen molar-refractivity contribution in [1.29, 1.82) is 0 Å². The normalized spacial score (nSPS) is 8.59. The van der Waals surface area contributed by atoms with Gasteiger partial charge in [0.15, 0.2) is 0 Å². The van der Waals surface area contributed by atoms with Crippen molar-refractivity contribution in [2.24, 2.45) is 0 Å². The topological polar surface area (TPSA) is 98.7 Å². The van der Waals surface area contributed by atoms with Gasteiger partial charge in [-0.1, -0.05) is 0 Å². The minimum Gasteiger partial charge on any atom is -0.550 e. The van der Waals surface area contributed by atoms with Crippen molar-refractivity contribution in [3.05, 3.63) is 0 Å². The van der Waals surface area contributed by atoms with Crippen molar-refractivity contribution >= 4 is 35.0 Å². The Balaban J connectivity index is -0.000000218. The number of hydrogen-bond acceptors (Lipinski definition) is 6. The fourth-order valence-corrected chi connectivity index (χ4v) is 0.600. The number of carboxylic acids is 2. The monoisotopic (exact) mass is 258 g/mol. The quantitative estimate of drug-likeness (QED) is 0.367. The van der Waals surface area contributed by atoms with Gasteiger partial charge in [-0.05, 0) is 13.8 Å². The van der Waals surface area contributed by atoms with E-state index in [1.807, 2.05) is 13.8 Å². The van der Waals surface area contributed by atoms with Crippen molar-refractivity contribution < 1.29 is 29.3 Å². The van der Waals surface area contributed by atoms with E-state index in [1.54, 1.807) is 0 Å². The van der Waals surface area contributed by atoms with Gasteiger partial charge < -0.3 is 29.3 Å². The van der Waals surface area contributed by atoms with Crippen LogP contribution in [0.4, 0.5) is 0 Å². The molecule has 0 aliphatic carbocycles. The van der Waals surface area contributed by atoms with E-state index in [2.05, 4.69) is 0 Å². The summed E-state index contributed by atoms with van der Waals surface area (Å²) >= 11 is 0. The summed E-state index contributed by atoms with van der Waals surface area (Å²) in [4.78, 5) is 19.4.